The predicted octanol–water partition coefficient (Wildman–Crippen LogP) is 3.25. The normalized spacial score (nSPS) is 23.6. The SMILES string of the molecule is CC(C)n1cc(Br)cc1C(=O)NC1CCCCCC1O. The summed E-state index contributed by atoms with van der Waals surface area (Å²) >= 11 is 3.42. The second kappa shape index (κ2) is 6.76. The third kappa shape index (κ3) is 3.64. The maximum absolute atomic E-state index is 12.4. The first-order chi connectivity index (χ1) is 9.49. The van der Waals surface area contributed by atoms with Crippen LogP contribution < -0.4 is 5.32 Å². The van der Waals surface area contributed by atoms with Gasteiger partial charge >= 0.3 is 0 Å². The Morgan fingerprint density at radius 1 is 1.40 bits per heavy atom. The van der Waals surface area contributed by atoms with Gasteiger partial charge in [-0.15, -0.1) is 0 Å². The molecule has 0 bridgehead atoms. The van der Waals surface area contributed by atoms with Crippen LogP contribution >= 0.6 is 15.9 Å². The Kier molecular flexibility index (Phi) is 5.27. The van der Waals surface area contributed by atoms with Gasteiger partial charge in [-0.3, -0.25) is 4.79 Å². The van der Waals surface area contributed by atoms with E-state index in [-0.39, 0.29) is 18.0 Å². The third-order valence-corrected chi connectivity index (χ3v) is 4.33. The van der Waals surface area contributed by atoms with Crippen molar-refractivity contribution in [3.63, 3.8) is 0 Å². The summed E-state index contributed by atoms with van der Waals surface area (Å²) in [6, 6.07) is 1.93. The first kappa shape index (κ1) is 15.6. The molecule has 2 atom stereocenters. The number of aliphatic hydroxyl groups excluding tert-OH is 1. The molecule has 112 valence electrons. The van der Waals surface area contributed by atoms with Crippen molar-refractivity contribution < 1.29 is 9.90 Å². The van der Waals surface area contributed by atoms with Gasteiger partial charge in [0.15, 0.2) is 0 Å². The first-order valence-electron chi connectivity index (χ1n) is 7.35. The van der Waals surface area contributed by atoms with Crippen molar-refractivity contribution in [2.45, 2.75) is 64.1 Å². The molecule has 1 aromatic rings. The number of aliphatic hydroxyl groups is 1. The van der Waals surface area contributed by atoms with Gasteiger partial charge in [0.1, 0.15) is 5.69 Å². The summed E-state index contributed by atoms with van der Waals surface area (Å²) in [6.07, 6.45) is 6.38. The maximum atomic E-state index is 12.4. The van der Waals surface area contributed by atoms with Crippen LogP contribution in [0.15, 0.2) is 16.7 Å². The minimum absolute atomic E-state index is 0.102. The quantitative estimate of drug-likeness (QED) is 0.828. The van der Waals surface area contributed by atoms with Gasteiger partial charge in [-0.25, -0.2) is 0 Å². The fraction of sp³-hybridized carbons (Fsp3) is 0.667. The van der Waals surface area contributed by atoms with E-state index >= 15 is 0 Å². The monoisotopic (exact) mass is 342 g/mol. The molecule has 0 saturated heterocycles. The highest BCUT2D eigenvalue weighted by atomic mass is 79.9. The summed E-state index contributed by atoms with van der Waals surface area (Å²) in [5.74, 6) is -0.102. The lowest BCUT2D eigenvalue weighted by atomic mass is 10.1. The van der Waals surface area contributed by atoms with E-state index in [9.17, 15) is 9.90 Å². The second-order valence-corrected chi connectivity index (χ2v) is 6.75. The van der Waals surface area contributed by atoms with E-state index in [0.29, 0.717) is 5.69 Å². The van der Waals surface area contributed by atoms with E-state index in [0.717, 1.165) is 36.6 Å². The van der Waals surface area contributed by atoms with E-state index in [1.165, 1.54) is 0 Å². The molecule has 1 fully saturated rings. The molecular weight excluding hydrogens is 320 g/mol. The van der Waals surface area contributed by atoms with Gasteiger partial charge in [0.25, 0.3) is 5.91 Å². The van der Waals surface area contributed by atoms with Crippen LogP contribution in [0.1, 0.15) is 62.5 Å². The minimum atomic E-state index is -0.424. The lowest BCUT2D eigenvalue weighted by Gasteiger charge is -2.22. The van der Waals surface area contributed by atoms with E-state index < -0.39 is 6.10 Å². The van der Waals surface area contributed by atoms with Crippen LogP contribution in [-0.4, -0.2) is 27.7 Å². The zero-order valence-electron chi connectivity index (χ0n) is 12.1. The Bertz CT molecular complexity index is 470. The molecule has 1 aliphatic rings. The van der Waals surface area contributed by atoms with Crippen molar-refractivity contribution in [3.05, 3.63) is 22.4 Å². The fourth-order valence-corrected chi connectivity index (χ4v) is 3.19. The topological polar surface area (TPSA) is 54.3 Å². The molecule has 2 unspecified atom stereocenters. The molecule has 1 heterocycles. The smallest absolute Gasteiger partial charge is 0.268 e. The van der Waals surface area contributed by atoms with Gasteiger partial charge in [0.2, 0.25) is 0 Å². The molecule has 2 N–H and O–H groups in total. The molecule has 0 aliphatic heterocycles. The first-order valence-corrected chi connectivity index (χ1v) is 8.14. The highest BCUT2D eigenvalue weighted by Gasteiger charge is 2.25. The Labute approximate surface area is 128 Å². The molecular formula is C15H23BrN2O2. The molecule has 1 amide bonds. The van der Waals surface area contributed by atoms with E-state index in [4.69, 9.17) is 0 Å². The van der Waals surface area contributed by atoms with Gasteiger partial charge in [0, 0.05) is 16.7 Å². The van der Waals surface area contributed by atoms with Gasteiger partial charge < -0.3 is 15.0 Å². The minimum Gasteiger partial charge on any atom is -0.391 e. The number of halogens is 1. The number of nitrogens with zero attached hydrogens (tertiary/aromatic N) is 1. The number of amides is 1. The lowest BCUT2D eigenvalue weighted by Crippen LogP contribution is -2.43. The lowest BCUT2D eigenvalue weighted by molar-refractivity contribution is 0.0809. The number of hydrogen-bond donors (Lipinski definition) is 2. The molecule has 1 saturated carbocycles. The molecule has 0 aromatic carbocycles. The number of nitrogens with one attached hydrogen (secondary N) is 1. The number of carbonyl (C=O) groups is 1. The van der Waals surface area contributed by atoms with Gasteiger partial charge in [-0.1, -0.05) is 19.3 Å². The second-order valence-electron chi connectivity index (χ2n) is 5.83. The molecule has 1 aromatic heterocycles. The Hall–Kier alpha value is -0.810. The molecule has 4 nitrogen and oxygen atoms in total. The van der Waals surface area contributed by atoms with Crippen LogP contribution in [0.3, 0.4) is 0 Å². The Morgan fingerprint density at radius 2 is 2.10 bits per heavy atom. The van der Waals surface area contributed by atoms with Crippen molar-refractivity contribution in [1.82, 2.24) is 9.88 Å². The van der Waals surface area contributed by atoms with Gasteiger partial charge in [0.05, 0.1) is 12.1 Å². The van der Waals surface area contributed by atoms with Crippen LogP contribution in [-0.2, 0) is 0 Å². The fourth-order valence-electron chi connectivity index (χ4n) is 2.75. The maximum Gasteiger partial charge on any atom is 0.268 e. The summed E-state index contributed by atoms with van der Waals surface area (Å²) in [6.45, 7) is 4.09. The third-order valence-electron chi connectivity index (χ3n) is 3.90. The summed E-state index contributed by atoms with van der Waals surface area (Å²) in [5, 5.41) is 13.1. The van der Waals surface area contributed by atoms with Gasteiger partial charge in [-0.05, 0) is 48.7 Å². The predicted molar refractivity (Wildman–Crippen MR) is 82.9 cm³/mol. The largest absolute Gasteiger partial charge is 0.391 e. The van der Waals surface area contributed by atoms with E-state index in [1.807, 2.05) is 30.7 Å². The highest BCUT2D eigenvalue weighted by molar-refractivity contribution is 9.10. The summed E-state index contributed by atoms with van der Waals surface area (Å²) < 4.78 is 2.85. The van der Waals surface area contributed by atoms with E-state index in [2.05, 4.69) is 21.2 Å². The van der Waals surface area contributed by atoms with Crippen LogP contribution in [0.5, 0.6) is 0 Å². The van der Waals surface area contributed by atoms with Crippen molar-refractivity contribution >= 4 is 21.8 Å². The average Bonchev–Trinajstić information content (AvgIpc) is 2.68. The van der Waals surface area contributed by atoms with Crippen LogP contribution in [0, 0.1) is 0 Å². The van der Waals surface area contributed by atoms with Crippen molar-refractivity contribution in [3.8, 4) is 0 Å². The average molecular weight is 343 g/mol. The molecule has 0 radical (unpaired) electrons. The molecule has 5 heteroatoms. The Morgan fingerprint density at radius 3 is 2.80 bits per heavy atom. The zero-order chi connectivity index (χ0) is 14.7. The number of rotatable bonds is 3. The van der Waals surface area contributed by atoms with Crippen LogP contribution in [0.25, 0.3) is 0 Å². The summed E-state index contributed by atoms with van der Waals surface area (Å²) in [4.78, 5) is 12.4. The van der Waals surface area contributed by atoms with Crippen LogP contribution in [0.4, 0.5) is 0 Å². The van der Waals surface area contributed by atoms with Crippen molar-refractivity contribution in [2.75, 3.05) is 0 Å². The zero-order valence-corrected chi connectivity index (χ0v) is 13.7. The molecule has 20 heavy (non-hydrogen) atoms. The summed E-state index contributed by atoms with van der Waals surface area (Å²) in [5.41, 5.74) is 0.642. The summed E-state index contributed by atoms with van der Waals surface area (Å²) in [7, 11) is 0. The number of carbonyl (C=O) groups excluding carboxylic acids is 1. The standard InChI is InChI=1S/C15H23BrN2O2/c1-10(2)18-9-11(16)8-13(18)15(20)17-12-6-4-3-5-7-14(12)19/h8-10,12,14,19H,3-7H2,1-2H3,(H,17,20). The number of aromatic nitrogens is 1. The Balaban J connectivity index is 2.11. The van der Waals surface area contributed by atoms with E-state index in [1.54, 1.807) is 0 Å². The highest BCUT2D eigenvalue weighted by Crippen LogP contribution is 2.21. The van der Waals surface area contributed by atoms with Crippen molar-refractivity contribution in [2.24, 2.45) is 0 Å². The molecule has 0 spiro atoms. The number of hydrogen-bond acceptors (Lipinski definition) is 2. The van der Waals surface area contributed by atoms with Gasteiger partial charge in [-0.2, -0.15) is 0 Å². The van der Waals surface area contributed by atoms with Crippen molar-refractivity contribution in [1.29, 1.82) is 0 Å². The molecule has 2 rings (SSSR count). The molecule has 1 aliphatic carbocycles. The van der Waals surface area contributed by atoms with Crippen LogP contribution in [0.2, 0.25) is 0 Å².